The number of hydrogen-bond acceptors (Lipinski definition) is 4. The van der Waals surface area contributed by atoms with Crippen LogP contribution in [0.2, 0.25) is 10.0 Å². The van der Waals surface area contributed by atoms with Crippen molar-refractivity contribution >= 4 is 50.7 Å². The fourth-order valence-electron chi connectivity index (χ4n) is 2.74. The van der Waals surface area contributed by atoms with Crippen molar-refractivity contribution in [2.45, 2.75) is 26.9 Å². The van der Waals surface area contributed by atoms with E-state index in [0.717, 1.165) is 19.6 Å². The van der Waals surface area contributed by atoms with Crippen molar-refractivity contribution in [2.75, 3.05) is 0 Å². The third kappa shape index (κ3) is 3.18. The highest BCUT2D eigenvalue weighted by molar-refractivity contribution is 7.18. The molecule has 3 aromatic rings. The molecule has 136 valence electrons. The minimum Gasteiger partial charge on any atom is -0.480 e. The van der Waals surface area contributed by atoms with Gasteiger partial charge in [-0.25, -0.2) is 4.79 Å². The predicted octanol–water partition coefficient (Wildman–Crippen LogP) is 3.28. The van der Waals surface area contributed by atoms with Crippen molar-refractivity contribution in [1.82, 2.24) is 9.13 Å². The van der Waals surface area contributed by atoms with E-state index >= 15 is 0 Å². The minimum atomic E-state index is -1.16. The van der Waals surface area contributed by atoms with Crippen molar-refractivity contribution in [1.29, 1.82) is 0 Å². The van der Waals surface area contributed by atoms with Gasteiger partial charge in [0.25, 0.3) is 5.56 Å². The van der Waals surface area contributed by atoms with Gasteiger partial charge in [0.05, 0.1) is 11.9 Å². The van der Waals surface area contributed by atoms with Gasteiger partial charge in [0.15, 0.2) is 0 Å². The van der Waals surface area contributed by atoms with E-state index in [1.54, 1.807) is 19.1 Å². The number of carbonyl (C=O) groups is 1. The summed E-state index contributed by atoms with van der Waals surface area (Å²) in [5.41, 5.74) is 0.142. The summed E-state index contributed by atoms with van der Waals surface area (Å²) in [6.45, 7) is 3.01. The molecule has 0 spiro atoms. The summed E-state index contributed by atoms with van der Waals surface area (Å²) in [4.78, 5) is 38.2. The second-order valence-electron chi connectivity index (χ2n) is 5.85. The molecule has 0 aliphatic rings. The second kappa shape index (κ2) is 6.90. The van der Waals surface area contributed by atoms with Crippen LogP contribution in [0.25, 0.3) is 10.2 Å². The molecule has 3 rings (SSSR count). The van der Waals surface area contributed by atoms with Crippen molar-refractivity contribution in [3.8, 4) is 0 Å². The van der Waals surface area contributed by atoms with Crippen LogP contribution in [0.3, 0.4) is 0 Å². The highest BCUT2D eigenvalue weighted by atomic mass is 35.5. The van der Waals surface area contributed by atoms with Gasteiger partial charge in [-0.05, 0) is 37.1 Å². The molecule has 0 radical (unpaired) electrons. The number of nitrogens with zero attached hydrogens (tertiary/aromatic N) is 2. The summed E-state index contributed by atoms with van der Waals surface area (Å²) < 4.78 is 2.13. The number of carboxylic acid groups (broad SMARTS) is 1. The lowest BCUT2D eigenvalue weighted by Gasteiger charge is -2.12. The maximum absolute atomic E-state index is 12.9. The standard InChI is InChI=1S/C17H14Cl2N2O4S/c1-8-9(2)26-16-14(8)15(24)20(17(25)21(16)7-13(22)23)6-10-3-4-11(18)5-12(10)19/h3-5H,6-7H2,1-2H3,(H,22,23). The Morgan fingerprint density at radius 1 is 1.19 bits per heavy atom. The van der Waals surface area contributed by atoms with Gasteiger partial charge in [-0.3, -0.25) is 18.7 Å². The molecule has 0 amide bonds. The summed E-state index contributed by atoms with van der Waals surface area (Å²) in [7, 11) is 0. The van der Waals surface area contributed by atoms with Gasteiger partial charge in [-0.2, -0.15) is 0 Å². The number of benzene rings is 1. The molecular weight excluding hydrogens is 399 g/mol. The maximum Gasteiger partial charge on any atom is 0.332 e. The van der Waals surface area contributed by atoms with E-state index in [1.165, 1.54) is 17.4 Å². The van der Waals surface area contributed by atoms with Gasteiger partial charge in [-0.1, -0.05) is 29.3 Å². The fourth-order valence-corrected chi connectivity index (χ4v) is 4.35. The van der Waals surface area contributed by atoms with Crippen LogP contribution in [0.5, 0.6) is 0 Å². The zero-order valence-corrected chi connectivity index (χ0v) is 16.2. The van der Waals surface area contributed by atoms with Gasteiger partial charge in [0, 0.05) is 14.9 Å². The number of carboxylic acids is 1. The molecule has 0 atom stereocenters. The number of rotatable bonds is 4. The van der Waals surface area contributed by atoms with Crippen LogP contribution in [-0.4, -0.2) is 20.2 Å². The molecule has 0 bridgehead atoms. The smallest absolute Gasteiger partial charge is 0.332 e. The lowest BCUT2D eigenvalue weighted by molar-refractivity contribution is -0.137. The Balaban J connectivity index is 2.31. The number of thiophene rings is 1. The summed E-state index contributed by atoms with van der Waals surface area (Å²) in [5.74, 6) is -1.16. The number of hydrogen-bond donors (Lipinski definition) is 1. The Morgan fingerprint density at radius 2 is 1.88 bits per heavy atom. The van der Waals surface area contributed by atoms with E-state index in [2.05, 4.69) is 0 Å². The zero-order chi connectivity index (χ0) is 19.2. The number of aryl methyl sites for hydroxylation is 2. The lowest BCUT2D eigenvalue weighted by Crippen LogP contribution is -2.41. The van der Waals surface area contributed by atoms with E-state index in [-0.39, 0.29) is 6.54 Å². The summed E-state index contributed by atoms with van der Waals surface area (Å²) in [6, 6.07) is 4.77. The Bertz CT molecular complexity index is 1160. The van der Waals surface area contributed by atoms with Crippen LogP contribution in [-0.2, 0) is 17.9 Å². The van der Waals surface area contributed by atoms with E-state index < -0.39 is 23.8 Å². The average molecular weight is 413 g/mol. The molecule has 2 aromatic heterocycles. The molecule has 0 saturated heterocycles. The Morgan fingerprint density at radius 3 is 2.50 bits per heavy atom. The first-order chi connectivity index (χ1) is 12.2. The normalized spacial score (nSPS) is 11.2. The van der Waals surface area contributed by atoms with Gasteiger partial charge in [-0.15, -0.1) is 11.3 Å². The monoisotopic (exact) mass is 412 g/mol. The largest absolute Gasteiger partial charge is 0.480 e. The summed E-state index contributed by atoms with van der Waals surface area (Å²) in [6.07, 6.45) is 0. The number of aromatic nitrogens is 2. The van der Waals surface area contributed by atoms with Gasteiger partial charge in [0.2, 0.25) is 0 Å². The van der Waals surface area contributed by atoms with Crippen molar-refractivity contribution in [2.24, 2.45) is 0 Å². The predicted molar refractivity (Wildman–Crippen MR) is 103 cm³/mol. The van der Waals surface area contributed by atoms with Crippen LogP contribution >= 0.6 is 34.5 Å². The van der Waals surface area contributed by atoms with E-state index in [9.17, 15) is 19.5 Å². The highest BCUT2D eigenvalue weighted by Crippen LogP contribution is 2.27. The topological polar surface area (TPSA) is 81.3 Å². The molecule has 6 nitrogen and oxygen atoms in total. The average Bonchev–Trinajstić information content (AvgIpc) is 2.85. The molecule has 2 heterocycles. The third-order valence-corrected chi connectivity index (χ3v) is 5.99. The van der Waals surface area contributed by atoms with Crippen molar-refractivity contribution in [3.63, 3.8) is 0 Å². The first kappa shape index (κ1) is 18.7. The van der Waals surface area contributed by atoms with Crippen LogP contribution < -0.4 is 11.2 Å². The number of halogens is 2. The summed E-state index contributed by atoms with van der Waals surface area (Å²) in [5, 5.41) is 10.3. The van der Waals surface area contributed by atoms with Gasteiger partial charge < -0.3 is 5.11 Å². The highest BCUT2D eigenvalue weighted by Gasteiger charge is 2.20. The number of aliphatic carboxylic acids is 1. The molecule has 0 aliphatic carbocycles. The SMILES string of the molecule is Cc1sc2c(c1C)c(=O)n(Cc1ccc(Cl)cc1Cl)c(=O)n2CC(=O)O. The summed E-state index contributed by atoms with van der Waals surface area (Å²) >= 11 is 13.3. The zero-order valence-electron chi connectivity index (χ0n) is 13.9. The quantitative estimate of drug-likeness (QED) is 0.712. The first-order valence-electron chi connectivity index (χ1n) is 7.59. The molecule has 0 saturated carbocycles. The molecule has 9 heteroatoms. The van der Waals surface area contributed by atoms with Gasteiger partial charge in [0.1, 0.15) is 11.4 Å². The Labute approximate surface area is 161 Å². The Hall–Kier alpha value is -2.09. The minimum absolute atomic E-state index is 0.0719. The molecule has 0 fully saturated rings. The molecule has 1 aromatic carbocycles. The molecule has 1 N–H and O–H groups in total. The van der Waals surface area contributed by atoms with E-state index in [4.69, 9.17) is 23.2 Å². The van der Waals surface area contributed by atoms with Crippen molar-refractivity contribution in [3.05, 3.63) is 65.1 Å². The lowest BCUT2D eigenvalue weighted by atomic mass is 10.2. The first-order valence-corrected chi connectivity index (χ1v) is 9.17. The van der Waals surface area contributed by atoms with E-state index in [0.29, 0.717) is 25.8 Å². The molecular formula is C17H14Cl2N2O4S. The second-order valence-corrected chi connectivity index (χ2v) is 7.90. The third-order valence-electron chi connectivity index (χ3n) is 4.17. The van der Waals surface area contributed by atoms with Crippen LogP contribution in [0.4, 0.5) is 0 Å². The Kier molecular flexibility index (Phi) is 4.96. The molecule has 0 unspecified atom stereocenters. The van der Waals surface area contributed by atoms with E-state index in [1.807, 2.05) is 6.92 Å². The number of fused-ring (bicyclic) bond motifs is 1. The van der Waals surface area contributed by atoms with Crippen LogP contribution in [0, 0.1) is 13.8 Å². The molecule has 26 heavy (non-hydrogen) atoms. The van der Waals surface area contributed by atoms with Crippen LogP contribution in [0.1, 0.15) is 16.0 Å². The van der Waals surface area contributed by atoms with Crippen molar-refractivity contribution < 1.29 is 9.90 Å². The molecule has 0 aliphatic heterocycles. The van der Waals surface area contributed by atoms with Crippen LogP contribution in [0.15, 0.2) is 27.8 Å². The van der Waals surface area contributed by atoms with Gasteiger partial charge >= 0.3 is 11.7 Å². The maximum atomic E-state index is 12.9. The fraction of sp³-hybridized carbons (Fsp3) is 0.235.